The van der Waals surface area contributed by atoms with Gasteiger partial charge in [0.2, 0.25) is 0 Å². The molecule has 0 bridgehead atoms. The number of aliphatic hydroxyl groups is 35. The second-order valence-corrected chi connectivity index (χ2v) is 31.0. The molecule has 0 aromatic carbocycles. The quantitative estimate of drug-likeness (QED) is 0.0306. The Morgan fingerprint density at radius 2 is 0.287 bits per heavy atom. The van der Waals surface area contributed by atoms with E-state index < -0.39 is 410 Å². The van der Waals surface area contributed by atoms with Gasteiger partial charge in [-0.25, -0.2) is 0 Å². The summed E-state index contributed by atoms with van der Waals surface area (Å²) in [6.07, 6.45) is -116. The lowest BCUT2D eigenvalue weighted by Crippen LogP contribution is -2.67. The molecule has 11 aliphatic heterocycles. The fourth-order valence-electron chi connectivity index (χ4n) is 15.3. The van der Waals surface area contributed by atoms with Crippen LogP contribution in [0.2, 0.25) is 0 Å². The van der Waals surface area contributed by atoms with Crippen LogP contribution in [0.5, 0.6) is 0 Å². The van der Waals surface area contributed by atoms with Gasteiger partial charge in [-0.15, -0.1) is 0 Å². The highest BCUT2D eigenvalue weighted by Gasteiger charge is 2.60. The molecule has 35 N–H and O–H groups in total. The molecule has 0 aromatic heterocycles. The average molecular weight is 1800 g/mol. The van der Waals surface area contributed by atoms with Crippen molar-refractivity contribution in [2.45, 2.75) is 338 Å². The molecule has 0 radical (unpaired) electrons. The van der Waals surface area contributed by atoms with Crippen molar-refractivity contribution in [3.8, 4) is 0 Å². The third kappa shape index (κ3) is 21.4. The molecule has 712 valence electrons. The summed E-state index contributed by atoms with van der Waals surface area (Å²) in [6, 6.07) is 0. The maximum absolute atomic E-state index is 12.2. The zero-order valence-electron chi connectivity index (χ0n) is 63.8. The summed E-state index contributed by atoms with van der Waals surface area (Å²) in [7, 11) is 0. The second-order valence-electron chi connectivity index (χ2n) is 31.0. The molecule has 56 heteroatoms. The van der Waals surface area contributed by atoms with E-state index in [0.717, 1.165) is 0 Å². The summed E-state index contributed by atoms with van der Waals surface area (Å²) in [5, 5.41) is 381. The standard InChI is InChI=1S/C66H112O56/c67-1-12-23(72)35(84)42(91)57(109-12)102-8-19-30(79)53(120-64-45(94)37(86)25(74)14(3-69)111-64)50(99)61(116-19)106-11-22-33(82)55(122-66-47(96)39(88)27(76)16(5-71)113-66)51(100)62(118-22)107-10-21-32(81)54(121-65-46(95)38(87)26(75)15(4-70)112-65)49(98)60(117-21)105-7-18-29(78)40(89)43(92)58(114-18)103-9-20-31(80)52(119-63-44(93)36(85)24(73)13(2-68)110-63)48(97)59(115-20)104-6-17-28(77)34(83)41(90)56(101)108-17/h12-101H,1-11H2/t12-,13-,14-,15-,16-,17-,18-,19-,20-,21-,22-,23-,24-,25-,26-,27-,28-,29-,30-,31-,32-,33-,34+,35+,36+,37+,38+,39+,40+,41-,42-,43-,44-,45-,46-,47-,48-,49-,50-,51-,52+,53+,54+,55+,56-,57-,58-,59-,60-,61-,62-,63+,64+,65+,66+/m1/s1. The Morgan fingerprint density at radius 3 is 0.492 bits per heavy atom. The average Bonchev–Trinajstić information content (AvgIpc) is 0.783. The van der Waals surface area contributed by atoms with Crippen LogP contribution in [0.3, 0.4) is 0 Å². The zero-order valence-corrected chi connectivity index (χ0v) is 63.8. The van der Waals surface area contributed by atoms with Crippen LogP contribution in [0.25, 0.3) is 0 Å². The molecular weight excluding hydrogens is 1690 g/mol. The van der Waals surface area contributed by atoms with Crippen LogP contribution in [-0.2, 0) is 99.5 Å². The highest BCUT2D eigenvalue weighted by molar-refractivity contribution is 5.02. The third-order valence-corrected chi connectivity index (χ3v) is 22.9. The predicted octanol–water partition coefficient (Wildman–Crippen LogP) is -25.0. The van der Waals surface area contributed by atoms with Gasteiger partial charge < -0.3 is 278 Å². The van der Waals surface area contributed by atoms with Crippen LogP contribution < -0.4 is 0 Å². The fraction of sp³-hybridized carbons (Fsp3) is 1.00. The van der Waals surface area contributed by atoms with Gasteiger partial charge in [-0.3, -0.25) is 0 Å². The Morgan fingerprint density at radius 1 is 0.139 bits per heavy atom. The molecule has 11 heterocycles. The third-order valence-electron chi connectivity index (χ3n) is 22.9. The number of hydrogen-bond donors (Lipinski definition) is 35. The van der Waals surface area contributed by atoms with Gasteiger partial charge in [-0.1, -0.05) is 0 Å². The smallest absolute Gasteiger partial charge is 0.187 e. The molecule has 0 unspecified atom stereocenters. The summed E-state index contributed by atoms with van der Waals surface area (Å²) >= 11 is 0. The number of aliphatic hydroxyl groups excluding tert-OH is 35. The Hall–Kier alpha value is -2.24. The molecule has 56 nitrogen and oxygen atoms in total. The molecule has 0 spiro atoms. The van der Waals surface area contributed by atoms with Crippen LogP contribution >= 0.6 is 0 Å². The first-order chi connectivity index (χ1) is 57.7. The van der Waals surface area contributed by atoms with E-state index >= 15 is 0 Å². The molecule has 11 fully saturated rings. The van der Waals surface area contributed by atoms with Gasteiger partial charge in [0, 0.05) is 0 Å². The summed E-state index contributed by atoms with van der Waals surface area (Å²) in [5.74, 6) is 0. The fourth-order valence-corrected chi connectivity index (χ4v) is 15.3. The maximum Gasteiger partial charge on any atom is 0.187 e. The molecule has 0 amide bonds. The van der Waals surface area contributed by atoms with Crippen molar-refractivity contribution in [1.82, 2.24) is 0 Å². The molecular formula is C66H112O56. The lowest BCUT2D eigenvalue weighted by atomic mass is 9.96. The number of ether oxygens (including phenoxy) is 21. The Labute approximate surface area is 687 Å². The van der Waals surface area contributed by atoms with Crippen molar-refractivity contribution in [2.75, 3.05) is 72.7 Å². The highest BCUT2D eigenvalue weighted by atomic mass is 16.8. The van der Waals surface area contributed by atoms with E-state index in [4.69, 9.17) is 99.5 Å². The molecule has 11 saturated heterocycles. The Balaban J connectivity index is 0.832. The number of hydrogen-bond acceptors (Lipinski definition) is 56. The minimum absolute atomic E-state index is 0.914. The lowest BCUT2D eigenvalue weighted by molar-refractivity contribution is -0.383. The Bertz CT molecular complexity index is 3110. The molecule has 55 atom stereocenters. The molecule has 0 aliphatic carbocycles. The van der Waals surface area contributed by atoms with Gasteiger partial charge in [0.1, 0.15) is 269 Å². The molecule has 11 aliphatic rings. The molecule has 0 saturated carbocycles. The molecule has 11 rings (SSSR count). The van der Waals surface area contributed by atoms with E-state index in [1.807, 2.05) is 0 Å². The van der Waals surface area contributed by atoms with Gasteiger partial charge in [-0.05, 0) is 0 Å². The minimum atomic E-state index is -2.44. The molecule has 122 heavy (non-hydrogen) atoms. The van der Waals surface area contributed by atoms with E-state index in [1.165, 1.54) is 0 Å². The van der Waals surface area contributed by atoms with Gasteiger partial charge in [-0.2, -0.15) is 0 Å². The first kappa shape index (κ1) is 100. The van der Waals surface area contributed by atoms with E-state index in [-0.39, 0.29) is 0 Å². The molecule has 0 aromatic rings. The summed E-state index contributed by atoms with van der Waals surface area (Å²) in [5.41, 5.74) is 0. The maximum atomic E-state index is 12.2. The van der Waals surface area contributed by atoms with E-state index in [9.17, 15) is 179 Å². The van der Waals surface area contributed by atoms with Crippen molar-refractivity contribution >= 4 is 0 Å². The topological polar surface area (TPSA) is 902 Å². The van der Waals surface area contributed by atoms with Crippen molar-refractivity contribution < 1.29 is 278 Å². The van der Waals surface area contributed by atoms with Gasteiger partial charge in [0.25, 0.3) is 0 Å². The van der Waals surface area contributed by atoms with Crippen molar-refractivity contribution in [3.05, 3.63) is 0 Å². The van der Waals surface area contributed by atoms with Crippen molar-refractivity contribution in [1.29, 1.82) is 0 Å². The highest BCUT2D eigenvalue weighted by Crippen LogP contribution is 2.39. The zero-order chi connectivity index (χ0) is 89.4. The minimum Gasteiger partial charge on any atom is -0.394 e. The van der Waals surface area contributed by atoms with Crippen LogP contribution in [0.4, 0.5) is 0 Å². The van der Waals surface area contributed by atoms with Crippen LogP contribution in [-0.4, -0.2) is 589 Å². The largest absolute Gasteiger partial charge is 0.394 e. The number of rotatable bonds is 31. The summed E-state index contributed by atoms with van der Waals surface area (Å²) in [4.78, 5) is 0. The van der Waals surface area contributed by atoms with Crippen LogP contribution in [0.1, 0.15) is 0 Å². The van der Waals surface area contributed by atoms with Gasteiger partial charge >= 0.3 is 0 Å². The van der Waals surface area contributed by atoms with E-state index in [2.05, 4.69) is 0 Å². The van der Waals surface area contributed by atoms with Crippen LogP contribution in [0, 0.1) is 0 Å². The van der Waals surface area contributed by atoms with Crippen molar-refractivity contribution in [3.63, 3.8) is 0 Å². The summed E-state index contributed by atoms with van der Waals surface area (Å²) in [6.45, 7) is -11.5. The lowest BCUT2D eigenvalue weighted by Gasteiger charge is -2.48. The van der Waals surface area contributed by atoms with Gasteiger partial charge in [0.15, 0.2) is 69.2 Å². The SMILES string of the molecule is OC[C@H]1O[C@@H](OC[C@H]2O[C@@H](OC[C@H]3O[C@@H](OC[C@H]4O[C@@H](OC[C@H]5O[C@@H](OC[C@H]6O[C@@H](OC[C@H]7O[C@@H](O)[C@H](O)[C@@H](O)[C@@H]7O)[C@H](O)[C@@H](O[C@@H]7O[C@H](CO)[C@@H](O)[C@H](O)[C@H]7O)[C@@H]6O)[C@H](O)[C@@H](O)[C@@H]5O)[C@H](O)[C@@H](O[C@@H]5O[C@H](CO)[C@@H](O)[C@H](O)[C@H]5O)[C@@H]4O)[C@H](O)[C@@H](O[C@@H]4O[C@H](CO)[C@@H](O)[C@H](O)[C@H]4O)[C@@H]3O)[C@H](O)[C@@H](O[C@@H]3O[C@H](CO)[C@@H](O)[C@H](O)[C@H]3O)[C@@H]2O)[C@H](O)[C@@H](O)[C@@H]1O. The first-order valence-corrected chi connectivity index (χ1v) is 38.7. The predicted molar refractivity (Wildman–Crippen MR) is 362 cm³/mol. The van der Waals surface area contributed by atoms with Gasteiger partial charge in [0.05, 0.1) is 72.7 Å². The first-order valence-electron chi connectivity index (χ1n) is 38.7. The monoisotopic (exact) mass is 1800 g/mol. The van der Waals surface area contributed by atoms with Crippen LogP contribution in [0.15, 0.2) is 0 Å². The van der Waals surface area contributed by atoms with Crippen molar-refractivity contribution in [2.24, 2.45) is 0 Å². The van der Waals surface area contributed by atoms with E-state index in [1.54, 1.807) is 0 Å². The second kappa shape index (κ2) is 43.4. The summed E-state index contributed by atoms with van der Waals surface area (Å²) < 4.78 is 120. The Kier molecular flexibility index (Phi) is 35.7. The normalized spacial score (nSPS) is 53.8. The van der Waals surface area contributed by atoms with E-state index in [0.29, 0.717) is 0 Å².